The van der Waals surface area contributed by atoms with Crippen LogP contribution in [0, 0.1) is 0 Å². The molecule has 2 rings (SSSR count). The summed E-state index contributed by atoms with van der Waals surface area (Å²) in [5, 5.41) is 7.80. The zero-order valence-electron chi connectivity index (χ0n) is 10.5. The summed E-state index contributed by atoms with van der Waals surface area (Å²) >= 11 is 8.02. The Labute approximate surface area is 142 Å². The Morgan fingerprint density at radius 3 is 2.57 bits per heavy atom. The number of amides is 1. The number of nitrogens with two attached hydrogens (primary N) is 1. The number of benzene rings is 1. The number of carbonyl (C=O) groups excluding carboxylic acids is 1. The lowest BCUT2D eigenvalue weighted by Gasteiger charge is -2.06. The lowest BCUT2D eigenvalue weighted by Crippen LogP contribution is -2.23. The molecule has 0 atom stereocenters. The molecule has 9 heteroatoms. The van der Waals surface area contributed by atoms with Crippen molar-refractivity contribution in [3.05, 3.63) is 49.0 Å². The third kappa shape index (κ3) is 4.36. The first-order valence-corrected chi connectivity index (χ1v) is 9.57. The third-order valence-electron chi connectivity index (χ3n) is 2.58. The number of carbonyl (C=O) groups is 1. The van der Waals surface area contributed by atoms with E-state index in [0.29, 0.717) is 11.1 Å². The van der Waals surface area contributed by atoms with Gasteiger partial charge in [0.2, 0.25) is 10.0 Å². The number of primary sulfonamides is 1. The van der Waals surface area contributed by atoms with E-state index >= 15 is 0 Å². The van der Waals surface area contributed by atoms with Crippen molar-refractivity contribution in [2.24, 2.45) is 5.14 Å². The first-order chi connectivity index (χ1) is 9.77. The van der Waals surface area contributed by atoms with Gasteiger partial charge in [0, 0.05) is 6.54 Å². The van der Waals surface area contributed by atoms with Crippen molar-refractivity contribution in [3.8, 4) is 0 Å². The summed E-state index contributed by atoms with van der Waals surface area (Å²) < 4.78 is 24.1. The number of nitrogens with one attached hydrogen (secondary N) is 1. The van der Waals surface area contributed by atoms with Crippen LogP contribution in [-0.4, -0.2) is 14.3 Å². The second kappa shape index (κ2) is 6.57. The predicted molar refractivity (Wildman–Crippen MR) is 88.7 cm³/mol. The van der Waals surface area contributed by atoms with Crippen LogP contribution in [0.1, 0.15) is 15.9 Å². The van der Waals surface area contributed by atoms with E-state index < -0.39 is 10.0 Å². The van der Waals surface area contributed by atoms with Gasteiger partial charge in [0.15, 0.2) is 0 Å². The van der Waals surface area contributed by atoms with Crippen LogP contribution < -0.4 is 10.5 Å². The number of rotatable bonds is 4. The molecule has 0 saturated carbocycles. The molecule has 0 spiro atoms. The van der Waals surface area contributed by atoms with E-state index in [0.717, 1.165) is 7.57 Å². The number of hydrogen-bond acceptors (Lipinski definition) is 4. The number of halogens is 2. The Hall–Kier alpha value is -0.740. The third-order valence-corrected chi connectivity index (χ3v) is 5.83. The first kappa shape index (κ1) is 16.6. The molecule has 0 radical (unpaired) electrons. The molecular weight excluding hydrogens is 444 g/mol. The van der Waals surface area contributed by atoms with Crippen molar-refractivity contribution in [1.29, 1.82) is 0 Å². The fourth-order valence-electron chi connectivity index (χ4n) is 1.61. The molecule has 5 nitrogen and oxygen atoms in total. The van der Waals surface area contributed by atoms with E-state index in [2.05, 4.69) is 37.2 Å². The van der Waals surface area contributed by atoms with Crippen LogP contribution in [-0.2, 0) is 16.6 Å². The SMILES string of the molecule is NS(=O)(=O)c1cccc(CNC(=O)c2cc(Br)sc2Br)c1. The largest absolute Gasteiger partial charge is 0.348 e. The highest BCUT2D eigenvalue weighted by molar-refractivity contribution is 9.12. The Balaban J connectivity index is 2.10. The molecule has 0 saturated heterocycles. The molecule has 0 bridgehead atoms. The Morgan fingerprint density at radius 2 is 2.00 bits per heavy atom. The summed E-state index contributed by atoms with van der Waals surface area (Å²) in [5.41, 5.74) is 1.18. The molecular formula is C12H10Br2N2O3S2. The van der Waals surface area contributed by atoms with Gasteiger partial charge < -0.3 is 5.32 Å². The maximum atomic E-state index is 12.0. The van der Waals surface area contributed by atoms with Crippen LogP contribution in [0.5, 0.6) is 0 Å². The maximum Gasteiger partial charge on any atom is 0.253 e. The average Bonchev–Trinajstić information content (AvgIpc) is 2.74. The van der Waals surface area contributed by atoms with Crippen molar-refractivity contribution in [2.75, 3.05) is 0 Å². The van der Waals surface area contributed by atoms with Gasteiger partial charge in [0.25, 0.3) is 5.91 Å². The summed E-state index contributed by atoms with van der Waals surface area (Å²) in [6, 6.07) is 7.86. The minimum atomic E-state index is -3.74. The smallest absolute Gasteiger partial charge is 0.253 e. The Morgan fingerprint density at radius 1 is 1.29 bits per heavy atom. The highest BCUT2D eigenvalue weighted by Crippen LogP contribution is 2.31. The molecule has 0 aliphatic carbocycles. The lowest BCUT2D eigenvalue weighted by atomic mass is 10.2. The van der Waals surface area contributed by atoms with Gasteiger partial charge >= 0.3 is 0 Å². The lowest BCUT2D eigenvalue weighted by molar-refractivity contribution is 0.0950. The molecule has 2 aromatic rings. The zero-order chi connectivity index (χ0) is 15.6. The normalized spacial score (nSPS) is 11.4. The van der Waals surface area contributed by atoms with Crippen LogP contribution in [0.4, 0.5) is 0 Å². The highest BCUT2D eigenvalue weighted by Gasteiger charge is 2.14. The fourth-order valence-corrected chi connectivity index (χ4v) is 4.98. The van der Waals surface area contributed by atoms with Crippen molar-refractivity contribution < 1.29 is 13.2 Å². The van der Waals surface area contributed by atoms with Crippen LogP contribution in [0.3, 0.4) is 0 Å². The molecule has 1 amide bonds. The van der Waals surface area contributed by atoms with Gasteiger partial charge in [-0.25, -0.2) is 13.6 Å². The number of thiophene rings is 1. The average molecular weight is 454 g/mol. The van der Waals surface area contributed by atoms with Crippen LogP contribution in [0.25, 0.3) is 0 Å². The van der Waals surface area contributed by atoms with E-state index in [1.165, 1.54) is 23.5 Å². The van der Waals surface area contributed by atoms with Gasteiger partial charge in [-0.3, -0.25) is 4.79 Å². The van der Waals surface area contributed by atoms with Crippen molar-refractivity contribution in [3.63, 3.8) is 0 Å². The van der Waals surface area contributed by atoms with Gasteiger partial charge in [0.1, 0.15) is 0 Å². The fraction of sp³-hybridized carbons (Fsp3) is 0.0833. The molecule has 112 valence electrons. The van der Waals surface area contributed by atoms with Gasteiger partial charge in [-0.05, 0) is 55.6 Å². The van der Waals surface area contributed by atoms with E-state index in [1.807, 2.05) is 0 Å². The van der Waals surface area contributed by atoms with Crippen molar-refractivity contribution >= 4 is 59.1 Å². The molecule has 0 unspecified atom stereocenters. The second-order valence-electron chi connectivity index (χ2n) is 4.11. The van der Waals surface area contributed by atoms with Gasteiger partial charge in [-0.1, -0.05) is 12.1 Å². The molecule has 1 heterocycles. The van der Waals surface area contributed by atoms with E-state index in [1.54, 1.807) is 18.2 Å². The van der Waals surface area contributed by atoms with E-state index in [-0.39, 0.29) is 17.3 Å². The second-order valence-corrected chi connectivity index (χ2v) is 9.42. The van der Waals surface area contributed by atoms with Crippen LogP contribution in [0.15, 0.2) is 42.8 Å². The highest BCUT2D eigenvalue weighted by atomic mass is 79.9. The van der Waals surface area contributed by atoms with Crippen LogP contribution >= 0.6 is 43.2 Å². The summed E-state index contributed by atoms with van der Waals surface area (Å²) in [6.07, 6.45) is 0. The minimum Gasteiger partial charge on any atom is -0.348 e. The van der Waals surface area contributed by atoms with Crippen LogP contribution in [0.2, 0.25) is 0 Å². The Bertz CT molecular complexity index is 788. The first-order valence-electron chi connectivity index (χ1n) is 5.62. The van der Waals surface area contributed by atoms with E-state index in [4.69, 9.17) is 5.14 Å². The minimum absolute atomic E-state index is 0.0220. The standard InChI is InChI=1S/C12H10Br2N2O3S2/c13-10-5-9(11(14)20-10)12(17)16-6-7-2-1-3-8(4-7)21(15,18)19/h1-5H,6H2,(H,16,17)(H2,15,18,19). The molecule has 21 heavy (non-hydrogen) atoms. The summed E-state index contributed by atoms with van der Waals surface area (Å²) in [6.45, 7) is 0.210. The van der Waals surface area contributed by atoms with E-state index in [9.17, 15) is 13.2 Å². The Kier molecular flexibility index (Phi) is 5.20. The zero-order valence-corrected chi connectivity index (χ0v) is 15.3. The monoisotopic (exact) mass is 452 g/mol. The molecule has 1 aromatic carbocycles. The number of hydrogen-bond donors (Lipinski definition) is 2. The molecule has 1 aromatic heterocycles. The predicted octanol–water partition coefficient (Wildman–Crippen LogP) is 2.85. The maximum absolute atomic E-state index is 12.0. The number of sulfonamides is 1. The van der Waals surface area contributed by atoms with Gasteiger partial charge in [-0.2, -0.15) is 0 Å². The van der Waals surface area contributed by atoms with Gasteiger partial charge in [-0.15, -0.1) is 11.3 Å². The van der Waals surface area contributed by atoms with Crippen molar-refractivity contribution in [1.82, 2.24) is 5.32 Å². The molecule has 0 fully saturated rings. The van der Waals surface area contributed by atoms with Crippen molar-refractivity contribution in [2.45, 2.75) is 11.4 Å². The molecule has 0 aliphatic heterocycles. The molecule has 0 aliphatic rings. The summed E-state index contributed by atoms with van der Waals surface area (Å²) in [5.74, 6) is -0.246. The quantitative estimate of drug-likeness (QED) is 0.745. The summed E-state index contributed by atoms with van der Waals surface area (Å²) in [4.78, 5) is 12.1. The molecule has 3 N–H and O–H groups in total. The summed E-state index contributed by atoms with van der Waals surface area (Å²) in [7, 11) is -3.74. The topological polar surface area (TPSA) is 89.3 Å². The van der Waals surface area contributed by atoms with Gasteiger partial charge in [0.05, 0.1) is 18.0 Å².